The highest BCUT2D eigenvalue weighted by molar-refractivity contribution is 6.04. The molecule has 2 aromatic carbocycles. The molecule has 2 amide bonds. The molecular weight excluding hydrogens is 342 g/mol. The number of hydrogen-bond donors (Lipinski definition) is 1. The Labute approximate surface area is 158 Å². The van der Waals surface area contributed by atoms with E-state index in [1.165, 1.54) is 0 Å². The molecule has 1 heterocycles. The normalized spacial score (nSPS) is 16.1. The number of carbonyl (C=O) groups excluding carboxylic acids is 2. The van der Waals surface area contributed by atoms with Crippen molar-refractivity contribution in [3.05, 3.63) is 54.1 Å². The van der Waals surface area contributed by atoms with Crippen LogP contribution in [0.4, 0.5) is 11.4 Å². The Morgan fingerprint density at radius 3 is 2.70 bits per heavy atom. The van der Waals surface area contributed by atoms with Gasteiger partial charge in [0.2, 0.25) is 11.8 Å². The maximum absolute atomic E-state index is 12.6. The number of carbonyl (C=O) groups is 2. The molecule has 1 atom stereocenters. The molecule has 3 rings (SSSR count). The third-order valence-corrected chi connectivity index (χ3v) is 4.46. The second-order valence-corrected chi connectivity index (χ2v) is 6.33. The van der Waals surface area contributed by atoms with Crippen molar-refractivity contribution < 1.29 is 14.3 Å². The van der Waals surface area contributed by atoms with E-state index in [1.54, 1.807) is 17.0 Å². The van der Waals surface area contributed by atoms with E-state index < -0.39 is 5.92 Å². The molecule has 0 bridgehead atoms. The van der Waals surface area contributed by atoms with Gasteiger partial charge in [0.05, 0.1) is 30.7 Å². The Morgan fingerprint density at radius 2 is 2.00 bits per heavy atom. The van der Waals surface area contributed by atoms with Crippen molar-refractivity contribution >= 4 is 23.2 Å². The van der Waals surface area contributed by atoms with E-state index in [1.807, 2.05) is 43.3 Å². The molecule has 0 saturated carbocycles. The van der Waals surface area contributed by atoms with Gasteiger partial charge in [-0.25, -0.2) is 0 Å². The van der Waals surface area contributed by atoms with Crippen molar-refractivity contribution in [2.24, 2.45) is 5.92 Å². The van der Waals surface area contributed by atoms with E-state index in [2.05, 4.69) is 11.4 Å². The van der Waals surface area contributed by atoms with Crippen LogP contribution in [-0.2, 0) is 16.0 Å². The van der Waals surface area contributed by atoms with E-state index in [-0.39, 0.29) is 18.2 Å². The van der Waals surface area contributed by atoms with Gasteiger partial charge in [-0.2, -0.15) is 5.26 Å². The van der Waals surface area contributed by atoms with Gasteiger partial charge in [-0.15, -0.1) is 0 Å². The predicted octanol–water partition coefficient (Wildman–Crippen LogP) is 3.14. The predicted molar refractivity (Wildman–Crippen MR) is 102 cm³/mol. The van der Waals surface area contributed by atoms with Crippen LogP contribution in [0.15, 0.2) is 48.5 Å². The zero-order valence-corrected chi connectivity index (χ0v) is 15.1. The van der Waals surface area contributed by atoms with Crippen LogP contribution >= 0.6 is 0 Å². The van der Waals surface area contributed by atoms with E-state index in [4.69, 9.17) is 10.00 Å². The van der Waals surface area contributed by atoms with E-state index in [0.717, 1.165) is 5.56 Å². The molecule has 1 aliphatic rings. The average molecular weight is 363 g/mol. The highest BCUT2D eigenvalue weighted by Crippen LogP contribution is 2.33. The monoisotopic (exact) mass is 363 g/mol. The van der Waals surface area contributed by atoms with Crippen LogP contribution in [0.3, 0.4) is 0 Å². The lowest BCUT2D eigenvalue weighted by Gasteiger charge is -2.20. The lowest BCUT2D eigenvalue weighted by molar-refractivity contribution is -0.122. The van der Waals surface area contributed by atoms with Crippen LogP contribution in [0.5, 0.6) is 5.75 Å². The standard InChI is InChI=1S/C21H21N3O3/c1-2-27-19-6-4-3-5-18(19)24-14-16(13-20(24)25)21(26)23-17-9-7-15(8-10-17)11-12-22/h3-10,16H,2,11,13-14H2,1H3,(H,23,26). The Balaban J connectivity index is 1.68. The smallest absolute Gasteiger partial charge is 0.229 e. The largest absolute Gasteiger partial charge is 0.492 e. The molecule has 1 saturated heterocycles. The molecule has 1 N–H and O–H groups in total. The lowest BCUT2D eigenvalue weighted by Crippen LogP contribution is -2.28. The molecular formula is C21H21N3O3. The van der Waals surface area contributed by atoms with Crippen molar-refractivity contribution in [2.45, 2.75) is 19.8 Å². The van der Waals surface area contributed by atoms with E-state index in [0.29, 0.717) is 36.7 Å². The highest BCUT2D eigenvalue weighted by atomic mass is 16.5. The maximum Gasteiger partial charge on any atom is 0.229 e. The van der Waals surface area contributed by atoms with Gasteiger partial charge in [0, 0.05) is 18.7 Å². The first kappa shape index (κ1) is 18.5. The third-order valence-electron chi connectivity index (χ3n) is 4.46. The van der Waals surface area contributed by atoms with Gasteiger partial charge < -0.3 is 15.0 Å². The van der Waals surface area contributed by atoms with Crippen LogP contribution < -0.4 is 15.0 Å². The summed E-state index contributed by atoms with van der Waals surface area (Å²) in [4.78, 5) is 26.7. The number of nitrogens with zero attached hydrogens (tertiary/aromatic N) is 2. The summed E-state index contributed by atoms with van der Waals surface area (Å²) < 4.78 is 5.60. The van der Waals surface area contributed by atoms with Gasteiger partial charge >= 0.3 is 0 Å². The molecule has 6 nitrogen and oxygen atoms in total. The van der Waals surface area contributed by atoms with Gasteiger partial charge in [-0.05, 0) is 36.8 Å². The molecule has 1 fully saturated rings. The highest BCUT2D eigenvalue weighted by Gasteiger charge is 2.36. The van der Waals surface area contributed by atoms with Crippen LogP contribution in [0, 0.1) is 17.2 Å². The number of rotatable bonds is 6. The molecule has 0 aliphatic carbocycles. The molecule has 27 heavy (non-hydrogen) atoms. The Hall–Kier alpha value is -3.33. The fourth-order valence-corrected chi connectivity index (χ4v) is 3.12. The van der Waals surface area contributed by atoms with Crippen molar-refractivity contribution in [1.29, 1.82) is 5.26 Å². The summed E-state index contributed by atoms with van der Waals surface area (Å²) in [6, 6.07) is 16.6. The number of anilines is 2. The first-order valence-corrected chi connectivity index (χ1v) is 8.91. The SMILES string of the molecule is CCOc1ccccc1N1CC(C(=O)Nc2ccc(CC#N)cc2)CC1=O. The molecule has 0 spiro atoms. The van der Waals surface area contributed by atoms with Crippen molar-refractivity contribution in [3.8, 4) is 11.8 Å². The first-order valence-electron chi connectivity index (χ1n) is 8.91. The third kappa shape index (κ3) is 4.26. The van der Waals surface area contributed by atoms with E-state index in [9.17, 15) is 9.59 Å². The fourth-order valence-electron chi connectivity index (χ4n) is 3.12. The minimum atomic E-state index is -0.425. The number of para-hydroxylation sites is 2. The van der Waals surface area contributed by atoms with Crippen molar-refractivity contribution in [3.63, 3.8) is 0 Å². The molecule has 0 aromatic heterocycles. The number of nitrogens with one attached hydrogen (secondary N) is 1. The van der Waals surface area contributed by atoms with Gasteiger partial charge in [0.15, 0.2) is 0 Å². The zero-order chi connectivity index (χ0) is 19.2. The second-order valence-electron chi connectivity index (χ2n) is 6.33. The summed E-state index contributed by atoms with van der Waals surface area (Å²) in [6.45, 7) is 2.72. The Morgan fingerprint density at radius 1 is 1.26 bits per heavy atom. The summed E-state index contributed by atoms with van der Waals surface area (Å²) >= 11 is 0. The minimum absolute atomic E-state index is 0.0910. The number of amides is 2. The number of nitriles is 1. The van der Waals surface area contributed by atoms with E-state index >= 15 is 0 Å². The van der Waals surface area contributed by atoms with Gasteiger partial charge in [-0.1, -0.05) is 24.3 Å². The summed E-state index contributed by atoms with van der Waals surface area (Å²) in [6.07, 6.45) is 0.498. The van der Waals surface area contributed by atoms with Gasteiger partial charge in [0.25, 0.3) is 0 Å². The summed E-state index contributed by atoms with van der Waals surface area (Å²) in [5.41, 5.74) is 2.24. The maximum atomic E-state index is 12.6. The molecule has 1 aliphatic heterocycles. The van der Waals surface area contributed by atoms with Gasteiger partial charge in [-0.3, -0.25) is 9.59 Å². The second kappa shape index (κ2) is 8.37. The Bertz CT molecular complexity index is 871. The summed E-state index contributed by atoms with van der Waals surface area (Å²) in [5, 5.41) is 11.6. The quantitative estimate of drug-likeness (QED) is 0.855. The summed E-state index contributed by atoms with van der Waals surface area (Å²) in [5.74, 6) is -0.0621. The topological polar surface area (TPSA) is 82.4 Å². The molecule has 0 radical (unpaired) electrons. The van der Waals surface area contributed by atoms with Crippen molar-refractivity contribution in [2.75, 3.05) is 23.4 Å². The Kier molecular flexibility index (Phi) is 5.72. The molecule has 6 heteroatoms. The first-order chi connectivity index (χ1) is 13.1. The zero-order valence-electron chi connectivity index (χ0n) is 15.1. The minimum Gasteiger partial charge on any atom is -0.492 e. The lowest BCUT2D eigenvalue weighted by atomic mass is 10.1. The van der Waals surface area contributed by atoms with Crippen LogP contribution in [0.1, 0.15) is 18.9 Å². The molecule has 2 aromatic rings. The molecule has 1 unspecified atom stereocenters. The fraction of sp³-hybridized carbons (Fsp3) is 0.286. The number of benzene rings is 2. The molecule has 138 valence electrons. The van der Waals surface area contributed by atoms with Crippen molar-refractivity contribution in [1.82, 2.24) is 0 Å². The van der Waals surface area contributed by atoms with Crippen LogP contribution in [-0.4, -0.2) is 25.0 Å². The van der Waals surface area contributed by atoms with Crippen LogP contribution in [0.2, 0.25) is 0 Å². The summed E-state index contributed by atoms with van der Waals surface area (Å²) in [7, 11) is 0. The average Bonchev–Trinajstić information content (AvgIpc) is 3.06. The number of ether oxygens (including phenoxy) is 1. The van der Waals surface area contributed by atoms with Gasteiger partial charge in [0.1, 0.15) is 5.75 Å². The van der Waals surface area contributed by atoms with Crippen LogP contribution in [0.25, 0.3) is 0 Å². The number of hydrogen-bond acceptors (Lipinski definition) is 4.